The van der Waals surface area contributed by atoms with Gasteiger partial charge >= 0.3 is 0 Å². The lowest BCUT2D eigenvalue weighted by Crippen LogP contribution is -2.43. The lowest BCUT2D eigenvalue weighted by atomic mass is 9.78. The number of pyridine rings is 1. The largest absolute Gasteiger partial charge is 0.261 e. The predicted octanol–water partition coefficient (Wildman–Crippen LogP) is 4.15. The van der Waals surface area contributed by atoms with Crippen LogP contribution in [0, 0.1) is 0 Å². The molecule has 1 aromatic carbocycles. The van der Waals surface area contributed by atoms with Crippen LogP contribution >= 0.6 is 0 Å². The maximum absolute atomic E-state index is 12.7. The van der Waals surface area contributed by atoms with Crippen molar-refractivity contribution in [2.75, 3.05) is 0 Å². The van der Waals surface area contributed by atoms with E-state index in [0.717, 1.165) is 11.3 Å². The van der Waals surface area contributed by atoms with Crippen LogP contribution < -0.4 is 4.72 Å². The third-order valence-electron chi connectivity index (χ3n) is 3.96. The highest BCUT2D eigenvalue weighted by atomic mass is 32.2. The molecule has 3 nitrogen and oxygen atoms in total. The van der Waals surface area contributed by atoms with Crippen LogP contribution in [0.1, 0.15) is 51.9 Å². The molecule has 0 aliphatic rings. The van der Waals surface area contributed by atoms with Crippen LogP contribution in [0.15, 0.2) is 54.7 Å². The van der Waals surface area contributed by atoms with Gasteiger partial charge in [-0.05, 0) is 38.5 Å². The predicted molar refractivity (Wildman–Crippen MR) is 97.5 cm³/mol. The average molecular weight is 330 g/mol. The molecule has 0 spiro atoms. The molecule has 0 fully saturated rings. The Hall–Kier alpha value is -1.52. The summed E-state index contributed by atoms with van der Waals surface area (Å²) in [5, 5.41) is 0. The van der Waals surface area contributed by atoms with Crippen molar-refractivity contribution in [2.24, 2.45) is 0 Å². The molecule has 0 radical (unpaired) electrons. The molecule has 1 N–H and O–H groups in total. The van der Waals surface area contributed by atoms with Crippen molar-refractivity contribution in [3.05, 3.63) is 66.0 Å². The first-order chi connectivity index (χ1) is 10.7. The van der Waals surface area contributed by atoms with Crippen LogP contribution in [0.2, 0.25) is 0 Å². The second-order valence-corrected chi connectivity index (χ2v) is 9.28. The number of aromatic nitrogens is 1. The molecule has 0 bridgehead atoms. The second-order valence-electron chi connectivity index (χ2n) is 7.28. The van der Waals surface area contributed by atoms with Crippen molar-refractivity contribution in [2.45, 2.75) is 50.8 Å². The van der Waals surface area contributed by atoms with Gasteiger partial charge in [0.2, 0.25) is 0 Å². The van der Waals surface area contributed by atoms with Gasteiger partial charge in [0.05, 0.1) is 21.8 Å². The molecule has 0 aliphatic carbocycles. The zero-order valence-corrected chi connectivity index (χ0v) is 15.4. The molecule has 0 saturated carbocycles. The normalized spacial score (nSPS) is 15.2. The second kappa shape index (κ2) is 6.93. The van der Waals surface area contributed by atoms with E-state index in [4.69, 9.17) is 0 Å². The first-order valence-corrected chi connectivity index (χ1v) is 9.02. The number of nitrogens with one attached hydrogen (secondary N) is 1. The minimum atomic E-state index is -1.17. The van der Waals surface area contributed by atoms with Gasteiger partial charge in [-0.1, -0.05) is 50.2 Å². The van der Waals surface area contributed by atoms with Gasteiger partial charge in [0.1, 0.15) is 0 Å². The summed E-state index contributed by atoms with van der Waals surface area (Å²) in [6, 6.07) is 16.0. The monoisotopic (exact) mass is 330 g/mol. The molecular formula is C19H26N2OS. The fraction of sp³-hybridized carbons (Fsp3) is 0.421. The van der Waals surface area contributed by atoms with E-state index in [2.05, 4.69) is 35.7 Å². The third kappa shape index (κ3) is 4.27. The van der Waals surface area contributed by atoms with Gasteiger partial charge in [-0.3, -0.25) is 4.98 Å². The van der Waals surface area contributed by atoms with Gasteiger partial charge in [-0.2, -0.15) is 0 Å². The lowest BCUT2D eigenvalue weighted by molar-refractivity contribution is 0.383. The Morgan fingerprint density at radius 3 is 2.09 bits per heavy atom. The van der Waals surface area contributed by atoms with E-state index in [1.807, 2.05) is 57.2 Å². The van der Waals surface area contributed by atoms with E-state index in [0.29, 0.717) is 0 Å². The van der Waals surface area contributed by atoms with Crippen molar-refractivity contribution >= 4 is 11.0 Å². The Bertz CT molecular complexity index is 648. The van der Waals surface area contributed by atoms with Crippen LogP contribution in [-0.2, 0) is 16.4 Å². The third-order valence-corrected chi connectivity index (χ3v) is 5.52. The summed E-state index contributed by atoms with van der Waals surface area (Å²) < 4.78 is 15.7. The Labute approximate surface area is 142 Å². The summed E-state index contributed by atoms with van der Waals surface area (Å²) in [4.78, 5) is 4.53. The summed E-state index contributed by atoms with van der Waals surface area (Å²) >= 11 is 0. The van der Waals surface area contributed by atoms with Crippen LogP contribution in [-0.4, -0.2) is 13.9 Å². The first kappa shape index (κ1) is 17.8. The summed E-state index contributed by atoms with van der Waals surface area (Å²) in [6.45, 7) is 10.2. The number of hydrogen-bond acceptors (Lipinski definition) is 2. The minimum absolute atomic E-state index is 0.0985. The topological polar surface area (TPSA) is 42.0 Å². The Balaban J connectivity index is 2.44. The zero-order valence-electron chi connectivity index (χ0n) is 14.5. The van der Waals surface area contributed by atoms with Crippen molar-refractivity contribution in [1.82, 2.24) is 9.71 Å². The van der Waals surface area contributed by atoms with Crippen LogP contribution in [0.4, 0.5) is 0 Å². The molecule has 1 heterocycles. The SMILES string of the molecule is CC(C)(c1ccccn1)C(NS(=O)C(C)(C)C)c1ccccc1. The summed E-state index contributed by atoms with van der Waals surface area (Å²) in [6.07, 6.45) is 1.81. The fourth-order valence-electron chi connectivity index (χ4n) is 2.45. The zero-order chi connectivity index (χ0) is 17.1. The van der Waals surface area contributed by atoms with E-state index in [-0.39, 0.29) is 16.2 Å². The van der Waals surface area contributed by atoms with E-state index in [1.165, 1.54) is 0 Å². The van der Waals surface area contributed by atoms with Crippen molar-refractivity contribution in [3.8, 4) is 0 Å². The quantitative estimate of drug-likeness (QED) is 0.895. The average Bonchev–Trinajstić information content (AvgIpc) is 2.53. The number of rotatable bonds is 5. The van der Waals surface area contributed by atoms with Crippen LogP contribution in [0.3, 0.4) is 0 Å². The molecule has 2 unspecified atom stereocenters. The summed E-state index contributed by atoms with van der Waals surface area (Å²) in [5.74, 6) is 0. The maximum Gasteiger partial charge on any atom is 0.0976 e. The Morgan fingerprint density at radius 2 is 1.57 bits per heavy atom. The van der Waals surface area contributed by atoms with Crippen LogP contribution in [0.5, 0.6) is 0 Å². The number of benzene rings is 1. The lowest BCUT2D eigenvalue weighted by Gasteiger charge is -2.36. The molecule has 2 atom stereocenters. The van der Waals surface area contributed by atoms with E-state index >= 15 is 0 Å². The van der Waals surface area contributed by atoms with Gasteiger partial charge in [0.15, 0.2) is 0 Å². The van der Waals surface area contributed by atoms with Crippen molar-refractivity contribution < 1.29 is 4.21 Å². The molecule has 4 heteroatoms. The minimum Gasteiger partial charge on any atom is -0.261 e. The molecule has 2 aromatic rings. The highest BCUT2D eigenvalue weighted by Crippen LogP contribution is 2.36. The molecule has 23 heavy (non-hydrogen) atoms. The standard InChI is InChI=1S/C19H26N2OS/c1-18(2,3)23(22)21-17(15-11-7-6-8-12-15)19(4,5)16-13-9-10-14-20-16/h6-14,17,21H,1-5H3. The summed E-state index contributed by atoms with van der Waals surface area (Å²) in [7, 11) is -1.17. The van der Waals surface area contributed by atoms with E-state index in [9.17, 15) is 4.21 Å². The fourth-order valence-corrected chi connectivity index (χ4v) is 3.45. The number of hydrogen-bond donors (Lipinski definition) is 1. The molecule has 0 aliphatic heterocycles. The van der Waals surface area contributed by atoms with Crippen molar-refractivity contribution in [1.29, 1.82) is 0 Å². The van der Waals surface area contributed by atoms with E-state index < -0.39 is 11.0 Å². The van der Waals surface area contributed by atoms with Gasteiger partial charge in [0.25, 0.3) is 0 Å². The molecule has 2 rings (SSSR count). The highest BCUT2D eigenvalue weighted by Gasteiger charge is 2.36. The van der Waals surface area contributed by atoms with Crippen LogP contribution in [0.25, 0.3) is 0 Å². The van der Waals surface area contributed by atoms with Crippen molar-refractivity contribution in [3.63, 3.8) is 0 Å². The van der Waals surface area contributed by atoms with Gasteiger partial charge in [-0.25, -0.2) is 8.93 Å². The van der Waals surface area contributed by atoms with Gasteiger partial charge in [-0.15, -0.1) is 0 Å². The Morgan fingerprint density at radius 1 is 0.957 bits per heavy atom. The first-order valence-electron chi connectivity index (χ1n) is 7.87. The number of nitrogens with zero attached hydrogens (tertiary/aromatic N) is 1. The smallest absolute Gasteiger partial charge is 0.0976 e. The van der Waals surface area contributed by atoms with E-state index in [1.54, 1.807) is 6.20 Å². The molecule has 124 valence electrons. The summed E-state index contributed by atoms with van der Waals surface area (Å²) in [5.41, 5.74) is 1.79. The van der Waals surface area contributed by atoms with Gasteiger partial charge in [0, 0.05) is 17.3 Å². The molecule has 0 saturated heterocycles. The molecular weight excluding hydrogens is 304 g/mol. The molecule has 0 amide bonds. The highest BCUT2D eigenvalue weighted by molar-refractivity contribution is 7.84. The van der Waals surface area contributed by atoms with Gasteiger partial charge < -0.3 is 0 Å². The maximum atomic E-state index is 12.7. The molecule has 1 aromatic heterocycles. The Kier molecular flexibility index (Phi) is 5.37.